The van der Waals surface area contributed by atoms with Gasteiger partial charge >= 0.3 is 0 Å². The number of anilines is 1. The first-order valence-corrected chi connectivity index (χ1v) is 16.8. The Morgan fingerprint density at radius 1 is 0.881 bits per heavy atom. The van der Waals surface area contributed by atoms with E-state index in [1.807, 2.05) is 43.3 Å². The number of hydrogen-bond acceptors (Lipinski definition) is 4. The summed E-state index contributed by atoms with van der Waals surface area (Å²) in [5, 5.41) is 4.08. The number of amides is 2. The second kappa shape index (κ2) is 16.2. The molecular weight excluding hydrogens is 617 g/mol. The quantitative estimate of drug-likeness (QED) is 0.184. The van der Waals surface area contributed by atoms with Gasteiger partial charge in [0.2, 0.25) is 21.8 Å². The maximum absolute atomic E-state index is 13.9. The molecule has 42 heavy (non-hydrogen) atoms. The zero-order chi connectivity index (χ0) is 30.7. The molecule has 11 heteroatoms. The summed E-state index contributed by atoms with van der Waals surface area (Å²) in [5.74, 6) is -0.529. The number of rotatable bonds is 15. The number of hydrogen-bond donors (Lipinski definition) is 1. The van der Waals surface area contributed by atoms with Gasteiger partial charge in [0.15, 0.2) is 0 Å². The molecule has 0 bridgehead atoms. The van der Waals surface area contributed by atoms with Gasteiger partial charge in [-0.2, -0.15) is 0 Å². The van der Waals surface area contributed by atoms with Crippen molar-refractivity contribution in [2.45, 2.75) is 51.6 Å². The molecule has 0 aliphatic carbocycles. The van der Waals surface area contributed by atoms with E-state index < -0.39 is 16.1 Å². The van der Waals surface area contributed by atoms with Crippen molar-refractivity contribution in [3.05, 3.63) is 99.0 Å². The second-order valence-corrected chi connectivity index (χ2v) is 13.2. The summed E-state index contributed by atoms with van der Waals surface area (Å²) < 4.78 is 26.5. The number of halogens is 3. The smallest absolute Gasteiger partial charge is 0.243 e. The van der Waals surface area contributed by atoms with Crippen molar-refractivity contribution in [3.63, 3.8) is 0 Å². The van der Waals surface area contributed by atoms with Crippen molar-refractivity contribution in [2.24, 2.45) is 0 Å². The van der Waals surface area contributed by atoms with Gasteiger partial charge in [0.1, 0.15) is 6.04 Å². The minimum absolute atomic E-state index is 0.00168. The molecule has 0 aliphatic rings. The highest BCUT2D eigenvalue weighted by molar-refractivity contribution is 7.92. The van der Waals surface area contributed by atoms with Gasteiger partial charge in [-0.3, -0.25) is 13.9 Å². The van der Waals surface area contributed by atoms with Crippen LogP contribution in [0.5, 0.6) is 0 Å². The molecule has 0 saturated heterocycles. The predicted molar refractivity (Wildman–Crippen MR) is 172 cm³/mol. The second-order valence-electron chi connectivity index (χ2n) is 10.0. The zero-order valence-corrected chi connectivity index (χ0v) is 26.8. The van der Waals surface area contributed by atoms with Crippen LogP contribution in [0, 0.1) is 0 Å². The molecule has 0 saturated carbocycles. The Bertz CT molecular complexity index is 1450. The van der Waals surface area contributed by atoms with E-state index >= 15 is 0 Å². The molecule has 226 valence electrons. The van der Waals surface area contributed by atoms with E-state index in [9.17, 15) is 18.0 Å². The highest BCUT2D eigenvalue weighted by atomic mass is 35.5. The normalized spacial score (nSPS) is 12.0. The minimum Gasteiger partial charge on any atom is -0.354 e. The van der Waals surface area contributed by atoms with Gasteiger partial charge in [-0.05, 0) is 54.3 Å². The molecule has 0 fully saturated rings. The van der Waals surface area contributed by atoms with Gasteiger partial charge in [-0.1, -0.05) is 90.6 Å². The number of carbonyl (C=O) groups is 2. The lowest BCUT2D eigenvalue weighted by Gasteiger charge is -2.32. The average molecular weight is 653 g/mol. The fourth-order valence-corrected chi connectivity index (χ4v) is 6.17. The largest absolute Gasteiger partial charge is 0.354 e. The van der Waals surface area contributed by atoms with E-state index in [0.29, 0.717) is 23.0 Å². The van der Waals surface area contributed by atoms with Crippen LogP contribution in [0.1, 0.15) is 43.7 Å². The summed E-state index contributed by atoms with van der Waals surface area (Å²) in [5.41, 5.74) is 1.93. The van der Waals surface area contributed by atoms with Crippen molar-refractivity contribution in [3.8, 4) is 0 Å². The maximum Gasteiger partial charge on any atom is 0.243 e. The van der Waals surface area contributed by atoms with Crippen LogP contribution in [0.15, 0.2) is 72.8 Å². The number of carbonyl (C=O) groups excluding carboxylic acids is 2. The molecule has 3 rings (SSSR count). The fourth-order valence-electron chi connectivity index (χ4n) is 4.55. The van der Waals surface area contributed by atoms with Gasteiger partial charge in [0, 0.05) is 42.5 Å². The molecular formula is C31H36Cl3N3O4S. The Balaban J connectivity index is 1.89. The lowest BCUT2D eigenvalue weighted by atomic mass is 10.0. The van der Waals surface area contributed by atoms with Crippen LogP contribution < -0.4 is 9.62 Å². The van der Waals surface area contributed by atoms with E-state index in [0.717, 1.165) is 34.5 Å². The van der Waals surface area contributed by atoms with Crippen LogP contribution >= 0.6 is 34.8 Å². The minimum atomic E-state index is -3.73. The van der Waals surface area contributed by atoms with Crippen LogP contribution in [0.25, 0.3) is 0 Å². The van der Waals surface area contributed by atoms with Gasteiger partial charge in [0.25, 0.3) is 0 Å². The Morgan fingerprint density at radius 2 is 1.57 bits per heavy atom. The van der Waals surface area contributed by atoms with Gasteiger partial charge in [0.05, 0.1) is 17.0 Å². The molecule has 0 spiro atoms. The molecule has 1 unspecified atom stereocenters. The average Bonchev–Trinajstić information content (AvgIpc) is 2.94. The van der Waals surface area contributed by atoms with Crippen LogP contribution in [0.2, 0.25) is 15.1 Å². The molecule has 2 amide bonds. The summed E-state index contributed by atoms with van der Waals surface area (Å²) in [6.07, 6.45) is 3.32. The molecule has 0 heterocycles. The van der Waals surface area contributed by atoms with Gasteiger partial charge in [-0.25, -0.2) is 8.42 Å². The molecule has 1 atom stereocenters. The van der Waals surface area contributed by atoms with Crippen molar-refractivity contribution < 1.29 is 18.0 Å². The highest BCUT2D eigenvalue weighted by Gasteiger charge is 2.30. The molecule has 7 nitrogen and oxygen atoms in total. The number of benzene rings is 3. The Morgan fingerprint density at radius 3 is 2.24 bits per heavy atom. The Labute approximate surface area is 263 Å². The third-order valence-electron chi connectivity index (χ3n) is 6.67. The maximum atomic E-state index is 13.9. The van der Waals surface area contributed by atoms with Crippen LogP contribution in [0.3, 0.4) is 0 Å². The fraction of sp³-hybridized carbons (Fsp3) is 0.355. The van der Waals surface area contributed by atoms with E-state index in [1.165, 1.54) is 12.1 Å². The predicted octanol–water partition coefficient (Wildman–Crippen LogP) is 6.75. The molecule has 3 aromatic rings. The van der Waals surface area contributed by atoms with Crippen LogP contribution in [-0.2, 0) is 32.6 Å². The SMILES string of the molecule is CCCCNC(=O)C(Cc1ccccc1)N(Cc1cccc(Cl)c1)C(=O)CCCN(c1cc(Cl)ccc1Cl)S(C)(=O)=O. The lowest BCUT2D eigenvalue weighted by Crippen LogP contribution is -2.50. The van der Waals surface area contributed by atoms with Crippen LogP contribution in [-0.4, -0.2) is 50.5 Å². The third-order valence-corrected chi connectivity index (χ3v) is 8.64. The summed E-state index contributed by atoms with van der Waals surface area (Å²) in [6.45, 7) is 2.71. The first kappa shape index (κ1) is 33.7. The molecule has 1 N–H and O–H groups in total. The summed E-state index contributed by atoms with van der Waals surface area (Å²) >= 11 is 18.7. The van der Waals surface area contributed by atoms with E-state index in [1.54, 1.807) is 29.2 Å². The number of sulfonamides is 1. The molecule has 0 aromatic heterocycles. The summed E-state index contributed by atoms with van der Waals surface area (Å²) in [4.78, 5) is 29.0. The molecule has 3 aromatic carbocycles. The lowest BCUT2D eigenvalue weighted by molar-refractivity contribution is -0.141. The van der Waals surface area contributed by atoms with E-state index in [-0.39, 0.29) is 48.5 Å². The Kier molecular flexibility index (Phi) is 13.0. The third kappa shape index (κ3) is 10.2. The topological polar surface area (TPSA) is 86.8 Å². The zero-order valence-electron chi connectivity index (χ0n) is 23.7. The van der Waals surface area contributed by atoms with Crippen molar-refractivity contribution in [1.29, 1.82) is 0 Å². The summed E-state index contributed by atoms with van der Waals surface area (Å²) in [7, 11) is -3.73. The number of nitrogens with one attached hydrogen (secondary N) is 1. The highest BCUT2D eigenvalue weighted by Crippen LogP contribution is 2.31. The van der Waals surface area contributed by atoms with E-state index in [2.05, 4.69) is 5.32 Å². The first-order chi connectivity index (χ1) is 20.0. The van der Waals surface area contributed by atoms with Crippen LogP contribution in [0.4, 0.5) is 5.69 Å². The number of unbranched alkanes of at least 4 members (excludes halogenated alkanes) is 1. The number of nitrogens with zero attached hydrogens (tertiary/aromatic N) is 2. The van der Waals surface area contributed by atoms with Gasteiger partial charge < -0.3 is 10.2 Å². The van der Waals surface area contributed by atoms with E-state index in [4.69, 9.17) is 34.8 Å². The van der Waals surface area contributed by atoms with Crippen molar-refractivity contribution in [2.75, 3.05) is 23.7 Å². The molecule has 0 aliphatic heterocycles. The standard InChI is InChI=1S/C31H36Cl3N3O4S/c1-3-4-17-35-31(39)29(20-23-10-6-5-7-11-23)36(22-24-12-8-13-25(32)19-24)30(38)14-9-18-37(42(2,40)41)28-21-26(33)15-16-27(28)34/h5-8,10-13,15-16,19,21,29H,3-4,9,14,17-18,20,22H2,1-2H3,(H,35,39). The first-order valence-electron chi connectivity index (χ1n) is 13.8. The van der Waals surface area contributed by atoms with Crippen molar-refractivity contribution in [1.82, 2.24) is 10.2 Å². The monoisotopic (exact) mass is 651 g/mol. The van der Waals surface area contributed by atoms with Gasteiger partial charge in [-0.15, -0.1) is 0 Å². The molecule has 0 radical (unpaired) electrons. The summed E-state index contributed by atoms with van der Waals surface area (Å²) in [6, 6.07) is 20.5. The van der Waals surface area contributed by atoms with Crippen molar-refractivity contribution >= 4 is 62.3 Å². The Hall–Kier alpha value is -2.78.